The van der Waals surface area contributed by atoms with Gasteiger partial charge in [-0.15, -0.1) is 0 Å². The van der Waals surface area contributed by atoms with Crippen molar-refractivity contribution in [3.05, 3.63) is 58.5 Å². The molecule has 2 aromatic rings. The van der Waals surface area contributed by atoms with Crippen molar-refractivity contribution in [1.29, 1.82) is 0 Å². The summed E-state index contributed by atoms with van der Waals surface area (Å²) in [5.41, 5.74) is 7.19. The average molecular weight is 351 g/mol. The molecule has 0 fully saturated rings. The number of furan rings is 1. The SMILES string of the molecule is CN(Cc1ccc(Br)o1)C(=O)C(N)CCc1ccccc1. The Balaban J connectivity index is 1.83. The van der Waals surface area contributed by atoms with Gasteiger partial charge >= 0.3 is 0 Å². The number of amides is 1. The first-order chi connectivity index (χ1) is 10.1. The molecule has 1 aromatic carbocycles. The van der Waals surface area contributed by atoms with Gasteiger partial charge in [0, 0.05) is 7.05 Å². The Kier molecular flexibility index (Phi) is 5.59. The molecule has 1 aromatic heterocycles. The highest BCUT2D eigenvalue weighted by Gasteiger charge is 2.19. The van der Waals surface area contributed by atoms with Gasteiger partial charge in [0.25, 0.3) is 0 Å². The quantitative estimate of drug-likeness (QED) is 0.871. The monoisotopic (exact) mass is 350 g/mol. The van der Waals surface area contributed by atoms with Crippen LogP contribution in [0.1, 0.15) is 17.7 Å². The molecule has 0 aliphatic heterocycles. The molecule has 21 heavy (non-hydrogen) atoms. The first-order valence-electron chi connectivity index (χ1n) is 6.85. The second kappa shape index (κ2) is 7.43. The number of likely N-dealkylation sites (N-methyl/N-ethyl adjacent to an activating group) is 1. The summed E-state index contributed by atoms with van der Waals surface area (Å²) in [5, 5.41) is 0. The number of nitrogens with zero attached hydrogens (tertiary/aromatic N) is 1. The van der Waals surface area contributed by atoms with Gasteiger partial charge < -0.3 is 15.1 Å². The van der Waals surface area contributed by atoms with E-state index in [0.717, 1.165) is 12.2 Å². The van der Waals surface area contributed by atoms with E-state index in [1.165, 1.54) is 5.56 Å². The second-order valence-electron chi connectivity index (χ2n) is 5.03. The normalized spacial score (nSPS) is 12.1. The van der Waals surface area contributed by atoms with Crippen LogP contribution in [0.15, 0.2) is 51.6 Å². The Morgan fingerprint density at radius 3 is 2.62 bits per heavy atom. The molecular formula is C16H19BrN2O2. The second-order valence-corrected chi connectivity index (χ2v) is 5.81. The van der Waals surface area contributed by atoms with Gasteiger partial charge in [-0.05, 0) is 46.5 Å². The number of halogens is 1. The number of aryl methyl sites for hydroxylation is 1. The molecule has 0 aliphatic carbocycles. The minimum atomic E-state index is -0.492. The molecule has 4 nitrogen and oxygen atoms in total. The largest absolute Gasteiger partial charge is 0.452 e. The third kappa shape index (κ3) is 4.72. The fourth-order valence-corrected chi connectivity index (χ4v) is 2.46. The Morgan fingerprint density at radius 1 is 1.29 bits per heavy atom. The van der Waals surface area contributed by atoms with E-state index < -0.39 is 6.04 Å². The maximum Gasteiger partial charge on any atom is 0.239 e. The summed E-state index contributed by atoms with van der Waals surface area (Å²) in [7, 11) is 1.74. The number of benzene rings is 1. The van der Waals surface area contributed by atoms with E-state index in [-0.39, 0.29) is 5.91 Å². The van der Waals surface area contributed by atoms with E-state index >= 15 is 0 Å². The van der Waals surface area contributed by atoms with Crippen LogP contribution in [-0.4, -0.2) is 23.9 Å². The van der Waals surface area contributed by atoms with Crippen molar-refractivity contribution >= 4 is 21.8 Å². The van der Waals surface area contributed by atoms with E-state index in [2.05, 4.69) is 15.9 Å². The van der Waals surface area contributed by atoms with E-state index in [9.17, 15) is 4.79 Å². The number of carbonyl (C=O) groups excluding carboxylic acids is 1. The molecule has 0 bridgehead atoms. The Hall–Kier alpha value is -1.59. The molecule has 0 saturated carbocycles. The number of hydrogen-bond acceptors (Lipinski definition) is 3. The fourth-order valence-electron chi connectivity index (χ4n) is 2.12. The van der Waals surface area contributed by atoms with Crippen LogP contribution in [0.25, 0.3) is 0 Å². The zero-order valence-electron chi connectivity index (χ0n) is 12.0. The van der Waals surface area contributed by atoms with Crippen molar-refractivity contribution < 1.29 is 9.21 Å². The predicted molar refractivity (Wildman–Crippen MR) is 85.6 cm³/mol. The number of carbonyl (C=O) groups is 1. The number of rotatable bonds is 6. The molecule has 1 heterocycles. The molecule has 0 radical (unpaired) electrons. The molecule has 5 heteroatoms. The van der Waals surface area contributed by atoms with Gasteiger partial charge in [-0.2, -0.15) is 0 Å². The molecule has 2 rings (SSSR count). The number of nitrogens with two attached hydrogens (primary N) is 1. The van der Waals surface area contributed by atoms with Crippen molar-refractivity contribution in [2.24, 2.45) is 5.73 Å². The van der Waals surface area contributed by atoms with E-state index in [4.69, 9.17) is 10.2 Å². The lowest BCUT2D eigenvalue weighted by Crippen LogP contribution is -2.41. The molecule has 0 spiro atoms. The highest BCUT2D eigenvalue weighted by Crippen LogP contribution is 2.15. The van der Waals surface area contributed by atoms with Gasteiger partial charge in [0.2, 0.25) is 5.91 Å². The van der Waals surface area contributed by atoms with Crippen LogP contribution in [0.3, 0.4) is 0 Å². The minimum absolute atomic E-state index is 0.0709. The van der Waals surface area contributed by atoms with Crippen molar-refractivity contribution in [3.8, 4) is 0 Å². The van der Waals surface area contributed by atoms with Crippen LogP contribution < -0.4 is 5.73 Å². The van der Waals surface area contributed by atoms with Crippen molar-refractivity contribution in [3.63, 3.8) is 0 Å². The van der Waals surface area contributed by atoms with E-state index in [1.54, 1.807) is 11.9 Å². The molecule has 0 aliphatic rings. The Bertz CT molecular complexity index is 583. The zero-order valence-corrected chi connectivity index (χ0v) is 13.5. The highest BCUT2D eigenvalue weighted by atomic mass is 79.9. The van der Waals surface area contributed by atoms with Gasteiger partial charge in [0.1, 0.15) is 5.76 Å². The summed E-state index contributed by atoms with van der Waals surface area (Å²) < 4.78 is 6.05. The van der Waals surface area contributed by atoms with Gasteiger partial charge in [0.05, 0.1) is 12.6 Å². The van der Waals surface area contributed by atoms with Gasteiger partial charge in [-0.3, -0.25) is 4.79 Å². The average Bonchev–Trinajstić information content (AvgIpc) is 2.90. The van der Waals surface area contributed by atoms with Gasteiger partial charge in [-0.25, -0.2) is 0 Å². The fraction of sp³-hybridized carbons (Fsp3) is 0.312. The molecular weight excluding hydrogens is 332 g/mol. The lowest BCUT2D eigenvalue weighted by atomic mass is 10.1. The molecule has 1 atom stereocenters. The van der Waals surface area contributed by atoms with Crippen molar-refractivity contribution in [1.82, 2.24) is 4.90 Å². The van der Waals surface area contributed by atoms with Crippen LogP contribution in [0, 0.1) is 0 Å². The standard InChI is InChI=1S/C16H19BrN2O2/c1-19(11-13-8-10-15(17)21-13)16(20)14(18)9-7-12-5-3-2-4-6-12/h2-6,8,10,14H,7,9,11,18H2,1H3. The summed E-state index contributed by atoms with van der Waals surface area (Å²) in [6.07, 6.45) is 1.43. The van der Waals surface area contributed by atoms with Gasteiger partial charge in [-0.1, -0.05) is 30.3 Å². The Morgan fingerprint density at radius 2 is 2.00 bits per heavy atom. The minimum Gasteiger partial charge on any atom is -0.452 e. The van der Waals surface area contributed by atoms with Gasteiger partial charge in [0.15, 0.2) is 4.67 Å². The van der Waals surface area contributed by atoms with E-state index in [0.29, 0.717) is 17.6 Å². The topological polar surface area (TPSA) is 59.5 Å². The molecule has 1 amide bonds. The summed E-state index contributed by atoms with van der Waals surface area (Å²) in [4.78, 5) is 13.8. The van der Waals surface area contributed by atoms with Crippen molar-refractivity contribution in [2.75, 3.05) is 7.05 Å². The molecule has 1 unspecified atom stereocenters. The molecule has 2 N–H and O–H groups in total. The summed E-state index contributed by atoms with van der Waals surface area (Å²) >= 11 is 3.24. The first-order valence-corrected chi connectivity index (χ1v) is 7.64. The lowest BCUT2D eigenvalue weighted by Gasteiger charge is -2.20. The van der Waals surface area contributed by atoms with Crippen molar-refractivity contribution in [2.45, 2.75) is 25.4 Å². The summed E-state index contributed by atoms with van der Waals surface area (Å²) in [6.45, 7) is 0.420. The first kappa shape index (κ1) is 15.8. The Labute approximate surface area is 133 Å². The molecule has 112 valence electrons. The maximum absolute atomic E-state index is 12.2. The van der Waals surface area contributed by atoms with Crippen LogP contribution in [-0.2, 0) is 17.8 Å². The third-order valence-electron chi connectivity index (χ3n) is 3.30. The van der Waals surface area contributed by atoms with Crippen LogP contribution >= 0.6 is 15.9 Å². The highest BCUT2D eigenvalue weighted by molar-refractivity contribution is 9.10. The summed E-state index contributed by atoms with van der Waals surface area (Å²) in [5.74, 6) is 0.659. The molecule has 0 saturated heterocycles. The predicted octanol–water partition coefficient (Wildman–Crippen LogP) is 2.96. The van der Waals surface area contributed by atoms with Crippen LogP contribution in [0.5, 0.6) is 0 Å². The third-order valence-corrected chi connectivity index (χ3v) is 3.73. The smallest absolute Gasteiger partial charge is 0.239 e. The summed E-state index contributed by atoms with van der Waals surface area (Å²) in [6, 6.07) is 13.2. The lowest BCUT2D eigenvalue weighted by molar-refractivity contribution is -0.132. The maximum atomic E-state index is 12.2. The van der Waals surface area contributed by atoms with Crippen LogP contribution in [0.4, 0.5) is 0 Å². The van der Waals surface area contributed by atoms with Crippen LogP contribution in [0.2, 0.25) is 0 Å². The van der Waals surface area contributed by atoms with E-state index in [1.807, 2.05) is 42.5 Å². The number of hydrogen-bond donors (Lipinski definition) is 1. The zero-order chi connectivity index (χ0) is 15.2.